The van der Waals surface area contributed by atoms with Crippen LogP contribution in [0, 0.1) is 6.92 Å². The van der Waals surface area contributed by atoms with E-state index in [0.717, 1.165) is 0 Å². The maximum atomic E-state index is 11.4. The Bertz CT molecular complexity index is 77.4. The largest absolute Gasteiger partial charge is 0.390 e. The lowest BCUT2D eigenvalue weighted by atomic mass is 10.1. The van der Waals surface area contributed by atoms with E-state index in [2.05, 4.69) is 6.92 Å². The highest BCUT2D eigenvalue weighted by atomic mass is 35.5. The van der Waals surface area contributed by atoms with Gasteiger partial charge >= 0.3 is 6.18 Å². The highest BCUT2D eigenvalue weighted by Gasteiger charge is 2.35. The molecule has 0 N–H and O–H groups in total. The molecule has 0 rings (SSSR count). The molecule has 0 aliphatic heterocycles. The van der Waals surface area contributed by atoms with Crippen molar-refractivity contribution in [1.82, 2.24) is 0 Å². The molecule has 0 bridgehead atoms. The Morgan fingerprint density at radius 3 is 1.78 bits per heavy atom. The smallest absolute Gasteiger partial charge is 0.171 e. The summed E-state index contributed by atoms with van der Waals surface area (Å²) in [5.41, 5.74) is 0. The first kappa shape index (κ1) is 9.08. The predicted octanol–water partition coefficient (Wildman–Crippen LogP) is 2.77. The average Bonchev–Trinajstić information content (AvgIpc) is 1.14. The molecule has 1 unspecified atom stereocenters. The molecule has 0 heterocycles. The second-order valence-electron chi connectivity index (χ2n) is 2.21. The molecule has 0 saturated heterocycles. The Hall–Kier alpha value is 0.0800. The lowest BCUT2D eigenvalue weighted by Crippen LogP contribution is -2.22. The van der Waals surface area contributed by atoms with E-state index in [9.17, 15) is 13.2 Å². The van der Waals surface area contributed by atoms with Crippen LogP contribution >= 0.6 is 11.6 Å². The summed E-state index contributed by atoms with van der Waals surface area (Å²) in [5, 5.41) is 0. The number of hydrogen-bond donors (Lipinski definition) is 0. The van der Waals surface area contributed by atoms with Crippen molar-refractivity contribution in [3.63, 3.8) is 0 Å². The first-order valence-corrected chi connectivity index (χ1v) is 2.69. The van der Waals surface area contributed by atoms with Gasteiger partial charge in [-0.2, -0.15) is 13.2 Å². The number of halogens is 4. The van der Waals surface area contributed by atoms with Gasteiger partial charge in [0.2, 0.25) is 0 Å². The zero-order chi connectivity index (χ0) is 7.71. The van der Waals surface area contributed by atoms with Gasteiger partial charge in [0.05, 0.1) is 11.3 Å². The van der Waals surface area contributed by atoms with Crippen molar-refractivity contribution >= 4 is 11.6 Å². The fourth-order valence-corrected chi connectivity index (χ4v) is 0.569. The third-order valence-electron chi connectivity index (χ3n) is 0.569. The average molecular weight is 160 g/mol. The molecule has 0 amide bonds. The van der Waals surface area contributed by atoms with Crippen LogP contribution in [0.25, 0.3) is 0 Å². The van der Waals surface area contributed by atoms with Crippen LogP contribution in [0.5, 0.6) is 0 Å². The molecule has 0 aromatic carbocycles. The summed E-state index contributed by atoms with van der Waals surface area (Å²) < 4.78 is 34.3. The molecule has 1 radical (unpaired) electrons. The van der Waals surface area contributed by atoms with E-state index in [-0.39, 0.29) is 0 Å². The SMILES string of the molecule is [CH2]C(C)(Cl)CC(F)(F)F. The summed E-state index contributed by atoms with van der Waals surface area (Å²) in [5.74, 6) is 0. The lowest BCUT2D eigenvalue weighted by Gasteiger charge is -2.16. The zero-order valence-electron chi connectivity index (χ0n) is 4.93. The van der Waals surface area contributed by atoms with Gasteiger partial charge in [-0.25, -0.2) is 0 Å². The standard InChI is InChI=1S/C5H7ClF3/c1-4(2,6)3-5(7,8)9/h1,3H2,2H3. The lowest BCUT2D eigenvalue weighted by molar-refractivity contribution is -0.137. The van der Waals surface area contributed by atoms with Gasteiger partial charge in [0.15, 0.2) is 0 Å². The molecule has 0 aliphatic rings. The molecular formula is C5H7ClF3. The van der Waals surface area contributed by atoms with Gasteiger partial charge in [0, 0.05) is 0 Å². The minimum atomic E-state index is -4.21. The number of alkyl halides is 4. The van der Waals surface area contributed by atoms with Gasteiger partial charge in [0.1, 0.15) is 0 Å². The van der Waals surface area contributed by atoms with Crippen LogP contribution < -0.4 is 0 Å². The Labute approximate surface area is 57.0 Å². The second kappa shape index (κ2) is 2.37. The fourth-order valence-electron chi connectivity index (χ4n) is 0.418. The van der Waals surface area contributed by atoms with Crippen LogP contribution in [0.3, 0.4) is 0 Å². The minimum Gasteiger partial charge on any atom is -0.171 e. The van der Waals surface area contributed by atoms with E-state index in [4.69, 9.17) is 11.6 Å². The van der Waals surface area contributed by atoms with Crippen molar-refractivity contribution in [3.8, 4) is 0 Å². The molecule has 0 saturated carbocycles. The fraction of sp³-hybridized carbons (Fsp3) is 0.800. The third-order valence-corrected chi connectivity index (χ3v) is 0.703. The minimum absolute atomic E-state index is 1.05. The Morgan fingerprint density at radius 1 is 1.44 bits per heavy atom. The van der Waals surface area contributed by atoms with Gasteiger partial charge in [-0.3, -0.25) is 0 Å². The Kier molecular flexibility index (Phi) is 2.39. The van der Waals surface area contributed by atoms with E-state index in [1.807, 2.05) is 0 Å². The quantitative estimate of drug-likeness (QED) is 0.516. The summed E-state index contributed by atoms with van der Waals surface area (Å²) in [4.78, 5) is -1.42. The molecule has 0 fully saturated rings. The van der Waals surface area contributed by atoms with Crippen molar-refractivity contribution in [2.75, 3.05) is 0 Å². The van der Waals surface area contributed by atoms with Gasteiger partial charge in [-0.05, 0) is 13.8 Å². The van der Waals surface area contributed by atoms with Crippen LogP contribution in [0.2, 0.25) is 0 Å². The summed E-state index contributed by atoms with van der Waals surface area (Å²) in [7, 11) is 0. The van der Waals surface area contributed by atoms with Crippen LogP contribution in [0.4, 0.5) is 13.2 Å². The van der Waals surface area contributed by atoms with Gasteiger partial charge in [0.25, 0.3) is 0 Å². The van der Waals surface area contributed by atoms with E-state index < -0.39 is 17.5 Å². The first-order valence-electron chi connectivity index (χ1n) is 2.32. The molecule has 55 valence electrons. The van der Waals surface area contributed by atoms with Crippen molar-refractivity contribution in [2.24, 2.45) is 0 Å². The normalized spacial score (nSPS) is 14.0. The third kappa shape index (κ3) is 8.08. The topological polar surface area (TPSA) is 0 Å². The van der Waals surface area contributed by atoms with E-state index in [1.165, 1.54) is 6.92 Å². The summed E-state index contributed by atoms with van der Waals surface area (Å²) in [6, 6.07) is 0. The molecule has 0 aromatic heterocycles. The maximum absolute atomic E-state index is 11.4. The molecule has 0 spiro atoms. The monoisotopic (exact) mass is 159 g/mol. The molecule has 0 nitrogen and oxygen atoms in total. The van der Waals surface area contributed by atoms with Crippen molar-refractivity contribution < 1.29 is 13.2 Å². The van der Waals surface area contributed by atoms with Crippen molar-refractivity contribution in [1.29, 1.82) is 0 Å². The second-order valence-corrected chi connectivity index (χ2v) is 3.12. The molecule has 0 aliphatic carbocycles. The molecule has 0 aromatic rings. The van der Waals surface area contributed by atoms with E-state index in [1.54, 1.807) is 0 Å². The number of hydrogen-bond acceptors (Lipinski definition) is 0. The number of rotatable bonds is 1. The van der Waals surface area contributed by atoms with Crippen LogP contribution in [-0.2, 0) is 0 Å². The van der Waals surface area contributed by atoms with Crippen molar-refractivity contribution in [2.45, 2.75) is 24.4 Å². The summed E-state index contributed by atoms with van der Waals surface area (Å²) in [6.45, 7) is 4.33. The Morgan fingerprint density at radius 2 is 1.78 bits per heavy atom. The van der Waals surface area contributed by atoms with E-state index >= 15 is 0 Å². The van der Waals surface area contributed by atoms with Gasteiger partial charge in [-0.1, -0.05) is 0 Å². The molecular weight excluding hydrogens is 153 g/mol. The molecule has 1 atom stereocenters. The Balaban J connectivity index is 3.75. The summed E-state index contributed by atoms with van der Waals surface area (Å²) in [6.07, 6.45) is -5.26. The van der Waals surface area contributed by atoms with Crippen molar-refractivity contribution in [3.05, 3.63) is 6.92 Å². The van der Waals surface area contributed by atoms with E-state index in [0.29, 0.717) is 0 Å². The van der Waals surface area contributed by atoms with Gasteiger partial charge in [-0.15, -0.1) is 11.6 Å². The predicted molar refractivity (Wildman–Crippen MR) is 30.3 cm³/mol. The zero-order valence-corrected chi connectivity index (χ0v) is 5.68. The first-order chi connectivity index (χ1) is 3.71. The van der Waals surface area contributed by atoms with Crippen LogP contribution in [0.1, 0.15) is 13.3 Å². The van der Waals surface area contributed by atoms with Gasteiger partial charge < -0.3 is 0 Å². The highest BCUT2D eigenvalue weighted by Crippen LogP contribution is 2.30. The molecule has 9 heavy (non-hydrogen) atoms. The molecule has 4 heteroatoms. The highest BCUT2D eigenvalue weighted by molar-refractivity contribution is 6.24. The van der Waals surface area contributed by atoms with Crippen LogP contribution in [0.15, 0.2) is 0 Å². The maximum Gasteiger partial charge on any atom is 0.390 e. The summed E-state index contributed by atoms with van der Waals surface area (Å²) >= 11 is 5.19. The van der Waals surface area contributed by atoms with Crippen LogP contribution in [-0.4, -0.2) is 11.1 Å².